The topological polar surface area (TPSA) is 34.3 Å². The van der Waals surface area contributed by atoms with Gasteiger partial charge >= 0.3 is 28.7 Å². The Hall–Kier alpha value is -0.149. The second-order valence-electron chi connectivity index (χ2n) is 6.74. The first-order valence-corrected chi connectivity index (χ1v) is 14.4. The average Bonchev–Trinajstić information content (AvgIpc) is 2.53. The average molecular weight is 414 g/mol. The first-order valence-electron chi connectivity index (χ1n) is 7.76. The molecule has 0 aliphatic carbocycles. The van der Waals surface area contributed by atoms with Gasteiger partial charge in [-0.1, -0.05) is 74.9 Å². The monoisotopic (exact) mass is 413 g/mol. The van der Waals surface area contributed by atoms with Gasteiger partial charge < -0.3 is 10.4 Å². The molecule has 2 aromatic carbocycles. The van der Waals surface area contributed by atoms with E-state index in [-0.39, 0.29) is 0 Å². The Morgan fingerprint density at radius 3 is 2.33 bits per heavy atom. The molecule has 0 aromatic heterocycles. The van der Waals surface area contributed by atoms with Crippen LogP contribution < -0.4 is 15.8 Å². The molecule has 0 saturated carbocycles. The number of aryl methyl sites for hydroxylation is 1. The summed E-state index contributed by atoms with van der Waals surface area (Å²) in [5.41, 5.74) is 2.52. The normalized spacial score (nSPS) is 11.4. The molecule has 24 heavy (non-hydrogen) atoms. The van der Waals surface area contributed by atoms with Gasteiger partial charge in [0.25, 0.3) is 0 Å². The van der Waals surface area contributed by atoms with Gasteiger partial charge in [0.15, 0.2) is 0 Å². The predicted molar refractivity (Wildman–Crippen MR) is 109 cm³/mol. The summed E-state index contributed by atoms with van der Waals surface area (Å²) in [5.74, 6) is 0.403. The van der Waals surface area contributed by atoms with Crippen LogP contribution in [0.2, 0.25) is 19.6 Å². The zero-order chi connectivity index (χ0) is 18.3. The Balaban J connectivity index is 0.00000139. The fraction of sp³-hybridized carbons (Fsp3) is 0.333. The molecule has 0 saturated heterocycles. The number of phenols is 1. The van der Waals surface area contributed by atoms with Crippen LogP contribution in [0.1, 0.15) is 11.1 Å². The Morgan fingerprint density at radius 1 is 1.08 bits per heavy atom. The molecule has 0 bridgehead atoms. The van der Waals surface area contributed by atoms with Crippen molar-refractivity contribution in [3.05, 3.63) is 52.8 Å². The number of hydrogen-bond acceptors (Lipinski definition) is 1. The van der Waals surface area contributed by atoms with E-state index in [0.29, 0.717) is 14.3 Å². The molecule has 1 atom stereocenters. The van der Waals surface area contributed by atoms with Crippen molar-refractivity contribution in [1.82, 2.24) is 0 Å². The van der Waals surface area contributed by atoms with Gasteiger partial charge in [0.05, 0.1) is 8.07 Å². The molecule has 2 nitrogen and oxygen atoms in total. The number of phenolic OH excluding ortho intramolecular Hbond substituents is 1. The molecule has 0 radical (unpaired) electrons. The van der Waals surface area contributed by atoms with Crippen LogP contribution in [0.5, 0.6) is 5.75 Å². The van der Waals surface area contributed by atoms with Crippen LogP contribution in [0.25, 0.3) is 5.32 Å². The number of aromatic hydroxyl groups is 1. The van der Waals surface area contributed by atoms with E-state index in [1.807, 2.05) is 13.1 Å². The van der Waals surface area contributed by atoms with E-state index in [1.54, 1.807) is 0 Å². The number of rotatable bonds is 5. The van der Waals surface area contributed by atoms with Crippen molar-refractivity contribution in [1.29, 1.82) is 0 Å². The Kier molecular flexibility index (Phi) is 9.22. The Labute approximate surface area is 164 Å². The summed E-state index contributed by atoms with van der Waals surface area (Å²) in [5, 5.41) is 18.2. The molecule has 1 N–H and O–H groups in total. The third-order valence-corrected chi connectivity index (χ3v) is 7.19. The van der Waals surface area contributed by atoms with Crippen molar-refractivity contribution in [3.8, 4) is 5.75 Å². The van der Waals surface area contributed by atoms with Crippen LogP contribution >= 0.6 is 17.9 Å². The molecule has 1 unspecified atom stereocenters. The molecule has 6 heteroatoms. The first kappa shape index (κ1) is 21.9. The van der Waals surface area contributed by atoms with Crippen LogP contribution in [0.3, 0.4) is 0 Å². The third-order valence-electron chi connectivity index (χ3n) is 3.72. The van der Waals surface area contributed by atoms with E-state index in [9.17, 15) is 5.11 Å². The second-order valence-corrected chi connectivity index (χ2v) is 13.1. The first-order chi connectivity index (χ1) is 11.3. The summed E-state index contributed by atoms with van der Waals surface area (Å²) in [7, 11) is 5.59. The quantitative estimate of drug-likeness (QED) is 0.582. The molecule has 2 aromatic rings. The Morgan fingerprint density at radius 2 is 1.75 bits per heavy atom. The SMILES string of the molecule is C[N-]Cc1cc(C)ccc1Pc1cc([Si](C)(C)C)ccc1O.[Cl][Ti+]. The van der Waals surface area contributed by atoms with Gasteiger partial charge in [0, 0.05) is 5.30 Å². The van der Waals surface area contributed by atoms with E-state index >= 15 is 0 Å². The van der Waals surface area contributed by atoms with Crippen LogP contribution in [0, 0.1) is 6.92 Å². The number of halogens is 1. The van der Waals surface area contributed by atoms with Gasteiger partial charge in [-0.05, 0) is 18.3 Å². The van der Waals surface area contributed by atoms with Gasteiger partial charge in [-0.3, -0.25) is 0 Å². The summed E-state index contributed by atoms with van der Waals surface area (Å²) >= 11 is 1.47. The minimum absolute atomic E-state index is 0.403. The predicted octanol–water partition coefficient (Wildman–Crippen LogP) is 4.07. The maximum absolute atomic E-state index is 10.2. The van der Waals surface area contributed by atoms with Crippen LogP contribution in [0.4, 0.5) is 0 Å². The summed E-state index contributed by atoms with van der Waals surface area (Å²) in [6.45, 7) is 9.84. The van der Waals surface area contributed by atoms with Gasteiger partial charge in [0.1, 0.15) is 5.75 Å². The van der Waals surface area contributed by atoms with Gasteiger partial charge in [-0.25, -0.2) is 0 Å². The molecular formula is C18H25ClNOPSiTi. The minimum atomic E-state index is -1.37. The van der Waals surface area contributed by atoms with Crippen LogP contribution in [-0.2, 0) is 25.9 Å². The van der Waals surface area contributed by atoms with E-state index in [4.69, 9.17) is 0 Å². The molecule has 0 fully saturated rings. The summed E-state index contributed by atoms with van der Waals surface area (Å²) < 4.78 is 0. The summed E-state index contributed by atoms with van der Waals surface area (Å²) in [4.78, 5) is 0. The molecule has 0 aliphatic rings. The summed E-state index contributed by atoms with van der Waals surface area (Å²) in [6.07, 6.45) is 0. The molecule has 0 spiro atoms. The van der Waals surface area contributed by atoms with Gasteiger partial charge in [-0.2, -0.15) is 7.05 Å². The van der Waals surface area contributed by atoms with Crippen molar-refractivity contribution < 1.29 is 24.5 Å². The third kappa shape index (κ3) is 6.29. The van der Waals surface area contributed by atoms with Crippen molar-refractivity contribution in [2.24, 2.45) is 0 Å². The van der Waals surface area contributed by atoms with E-state index < -0.39 is 8.07 Å². The summed E-state index contributed by atoms with van der Waals surface area (Å²) in [6, 6.07) is 12.7. The van der Waals surface area contributed by atoms with Crippen molar-refractivity contribution in [3.63, 3.8) is 0 Å². The van der Waals surface area contributed by atoms with Crippen molar-refractivity contribution in [2.75, 3.05) is 7.05 Å². The zero-order valence-electron chi connectivity index (χ0n) is 14.9. The molecule has 128 valence electrons. The second kappa shape index (κ2) is 10.1. The van der Waals surface area contributed by atoms with Crippen molar-refractivity contribution in [2.45, 2.75) is 33.1 Å². The molecule has 2 rings (SSSR count). The van der Waals surface area contributed by atoms with E-state index in [1.165, 1.54) is 41.0 Å². The van der Waals surface area contributed by atoms with Crippen molar-refractivity contribution >= 4 is 41.8 Å². The zero-order valence-corrected chi connectivity index (χ0v) is 19.3. The van der Waals surface area contributed by atoms with Gasteiger partial charge in [0.2, 0.25) is 0 Å². The van der Waals surface area contributed by atoms with Crippen LogP contribution in [-0.4, -0.2) is 20.2 Å². The molecular weight excluding hydrogens is 389 g/mol. The standard InChI is InChI=1S/C18H25NOPSi.ClH.Ti/c1-13-6-9-17(14(10-13)12-19-2)21-18-11-15(22(3,4)5)7-8-16(18)20;;/h6-11,20-21H,12H2,1-5H3;1H;/q-1;;+2/p-1. The van der Waals surface area contributed by atoms with E-state index in [2.05, 4.69) is 71.5 Å². The van der Waals surface area contributed by atoms with E-state index in [0.717, 1.165) is 11.8 Å². The number of benzene rings is 2. The number of hydrogen-bond donors (Lipinski definition) is 1. The Bertz CT molecular complexity index is 677. The molecule has 0 heterocycles. The molecule has 0 aliphatic heterocycles. The fourth-order valence-corrected chi connectivity index (χ4v) is 4.91. The fourth-order valence-electron chi connectivity index (χ4n) is 2.39. The maximum atomic E-state index is 10.2. The van der Waals surface area contributed by atoms with Gasteiger partial charge in [-0.15, -0.1) is 6.54 Å². The number of nitrogens with zero attached hydrogens (tertiary/aromatic N) is 1. The molecule has 0 amide bonds. The van der Waals surface area contributed by atoms with Crippen LogP contribution in [0.15, 0.2) is 36.4 Å².